The predicted molar refractivity (Wildman–Crippen MR) is 98.7 cm³/mol. The lowest BCUT2D eigenvalue weighted by atomic mass is 10.2. The first-order valence-corrected chi connectivity index (χ1v) is 9.95. The maximum atomic E-state index is 11.6. The average Bonchev–Trinajstić information content (AvgIpc) is 2.62. The van der Waals surface area contributed by atoms with Crippen LogP contribution in [-0.4, -0.2) is 48.7 Å². The van der Waals surface area contributed by atoms with E-state index in [0.717, 1.165) is 31.3 Å². The third-order valence-electron chi connectivity index (χ3n) is 3.49. The summed E-state index contributed by atoms with van der Waals surface area (Å²) in [5.41, 5.74) is 1.37. The summed E-state index contributed by atoms with van der Waals surface area (Å²) in [5.74, 6) is 0. The fourth-order valence-corrected chi connectivity index (χ4v) is 3.10. The molecule has 1 rings (SSSR count). The number of nitroso groups, excluding NO2 is 1. The molecule has 0 saturated heterocycles. The van der Waals surface area contributed by atoms with Crippen molar-refractivity contribution in [2.24, 2.45) is 5.18 Å². The van der Waals surface area contributed by atoms with Crippen molar-refractivity contribution in [2.75, 3.05) is 37.7 Å². The van der Waals surface area contributed by atoms with Gasteiger partial charge in [-0.3, -0.25) is 0 Å². The molecule has 0 atom stereocenters. The highest BCUT2D eigenvalue weighted by Gasteiger charge is 2.07. The van der Waals surface area contributed by atoms with Crippen molar-refractivity contribution in [3.8, 4) is 0 Å². The number of anilines is 1. The van der Waals surface area contributed by atoms with Gasteiger partial charge in [-0.15, -0.1) is 4.91 Å². The monoisotopic (exact) mass is 353 g/mol. The maximum Gasteiger partial charge on any atom is 0.407 e. The first-order valence-electron chi connectivity index (χ1n) is 8.38. The van der Waals surface area contributed by atoms with Crippen LogP contribution >= 0.6 is 0 Å². The van der Waals surface area contributed by atoms with Gasteiger partial charge in [-0.25, -0.2) is 4.79 Å². The Hall–Kier alpha value is -1.93. The van der Waals surface area contributed by atoms with Gasteiger partial charge in [0.15, 0.2) is 9.76 Å². The van der Waals surface area contributed by atoms with Crippen molar-refractivity contribution in [3.63, 3.8) is 0 Å². The van der Waals surface area contributed by atoms with E-state index in [4.69, 9.17) is 9.16 Å². The maximum absolute atomic E-state index is 11.6. The molecule has 0 spiro atoms. The zero-order valence-corrected chi connectivity index (χ0v) is 15.9. The number of ether oxygens (including phenoxy) is 1. The molecule has 0 aromatic heterocycles. The molecular formula is C16H27N3O4Si. The minimum Gasteiger partial charge on any atom is -0.448 e. The van der Waals surface area contributed by atoms with Gasteiger partial charge in [-0.1, -0.05) is 0 Å². The Bertz CT molecular complexity index is 485. The number of nitrogens with zero attached hydrogens (tertiary/aromatic N) is 2. The molecule has 0 aliphatic carbocycles. The number of amides is 1. The van der Waals surface area contributed by atoms with Gasteiger partial charge >= 0.3 is 6.09 Å². The van der Waals surface area contributed by atoms with Crippen LogP contribution in [0.4, 0.5) is 16.2 Å². The summed E-state index contributed by atoms with van der Waals surface area (Å²) < 4.78 is 10.6. The number of nitrogens with one attached hydrogen (secondary N) is 1. The van der Waals surface area contributed by atoms with E-state index in [2.05, 4.69) is 15.4 Å². The third-order valence-corrected chi connectivity index (χ3v) is 4.97. The van der Waals surface area contributed by atoms with Crippen LogP contribution in [-0.2, 0) is 9.16 Å². The van der Waals surface area contributed by atoms with Crippen LogP contribution in [0.5, 0.6) is 0 Å². The predicted octanol–water partition coefficient (Wildman–Crippen LogP) is 2.57. The highest BCUT2D eigenvalue weighted by Crippen LogP contribution is 2.19. The normalized spacial score (nSPS) is 10.8. The number of benzene rings is 1. The Morgan fingerprint density at radius 3 is 2.67 bits per heavy atom. The molecule has 8 heteroatoms. The lowest BCUT2D eigenvalue weighted by Crippen LogP contribution is -2.31. The molecule has 7 nitrogen and oxygen atoms in total. The van der Waals surface area contributed by atoms with Crippen LogP contribution in [0.3, 0.4) is 0 Å². The van der Waals surface area contributed by atoms with Crippen molar-refractivity contribution in [1.29, 1.82) is 0 Å². The van der Waals surface area contributed by atoms with Crippen LogP contribution in [0, 0.1) is 4.91 Å². The van der Waals surface area contributed by atoms with E-state index in [1.165, 1.54) is 0 Å². The van der Waals surface area contributed by atoms with E-state index in [1.54, 1.807) is 12.1 Å². The molecule has 0 bridgehead atoms. The molecule has 1 N–H and O–H groups in total. The summed E-state index contributed by atoms with van der Waals surface area (Å²) in [7, 11) is -0.423. The number of rotatable bonds is 12. The standard InChI is InChI=1S/C16H27N3O4Si/c1-3-19(15-8-6-14(18-21)7-9-15)11-12-22-16(20)17-10-5-13-24-23-4-2/h6-9H,3-5,10-13,24H2,1-2H3,(H,17,20). The first-order chi connectivity index (χ1) is 11.7. The van der Waals surface area contributed by atoms with Gasteiger partial charge in [0.2, 0.25) is 0 Å². The minimum absolute atomic E-state index is 0.307. The van der Waals surface area contributed by atoms with Gasteiger partial charge in [0.05, 0.1) is 6.54 Å². The van der Waals surface area contributed by atoms with Crippen molar-refractivity contribution in [1.82, 2.24) is 5.32 Å². The lowest BCUT2D eigenvalue weighted by Gasteiger charge is -2.22. The Balaban J connectivity index is 2.21. The Kier molecular flexibility index (Phi) is 10.5. The van der Waals surface area contributed by atoms with Crippen LogP contribution in [0.15, 0.2) is 29.4 Å². The molecule has 0 saturated carbocycles. The summed E-state index contributed by atoms with van der Waals surface area (Å²) in [6, 6.07) is 8.07. The van der Waals surface area contributed by atoms with Crippen molar-refractivity contribution < 1.29 is 14.0 Å². The second-order valence-corrected chi connectivity index (χ2v) is 6.68. The zero-order valence-electron chi connectivity index (χ0n) is 14.5. The van der Waals surface area contributed by atoms with Crippen molar-refractivity contribution in [3.05, 3.63) is 29.2 Å². The van der Waals surface area contributed by atoms with Crippen LogP contribution in [0.1, 0.15) is 20.3 Å². The Morgan fingerprint density at radius 2 is 2.04 bits per heavy atom. The molecule has 0 aliphatic rings. The van der Waals surface area contributed by atoms with E-state index >= 15 is 0 Å². The summed E-state index contributed by atoms with van der Waals surface area (Å²) in [5, 5.41) is 5.63. The quantitative estimate of drug-likeness (QED) is 0.355. The molecule has 0 unspecified atom stereocenters. The molecule has 1 amide bonds. The number of hydrogen-bond donors (Lipinski definition) is 1. The van der Waals surface area contributed by atoms with Crippen LogP contribution in [0.25, 0.3) is 0 Å². The number of carbonyl (C=O) groups is 1. The van der Waals surface area contributed by atoms with Gasteiger partial charge in [0.1, 0.15) is 12.3 Å². The molecule has 0 radical (unpaired) electrons. The summed E-state index contributed by atoms with van der Waals surface area (Å²) in [6.45, 7) is 7.10. The molecule has 134 valence electrons. The largest absolute Gasteiger partial charge is 0.448 e. The van der Waals surface area contributed by atoms with Gasteiger partial charge in [0, 0.05) is 25.4 Å². The molecular weight excluding hydrogens is 326 g/mol. The number of hydrogen-bond acceptors (Lipinski definition) is 6. The fourth-order valence-electron chi connectivity index (χ4n) is 2.16. The average molecular weight is 353 g/mol. The van der Waals surface area contributed by atoms with Crippen molar-refractivity contribution >= 4 is 27.2 Å². The van der Waals surface area contributed by atoms with Gasteiger partial charge in [-0.2, -0.15) is 0 Å². The second-order valence-electron chi connectivity index (χ2n) is 5.15. The zero-order chi connectivity index (χ0) is 17.6. The molecule has 0 fully saturated rings. The highest BCUT2D eigenvalue weighted by atomic mass is 28.2. The van der Waals surface area contributed by atoms with E-state index < -0.39 is 9.76 Å². The molecule has 0 heterocycles. The minimum atomic E-state index is -0.423. The number of alkyl carbamates (subject to hydrolysis) is 1. The molecule has 1 aromatic rings. The summed E-state index contributed by atoms with van der Waals surface area (Å²) in [4.78, 5) is 24.1. The Morgan fingerprint density at radius 1 is 1.29 bits per heavy atom. The van der Waals surface area contributed by atoms with Crippen LogP contribution in [0.2, 0.25) is 6.04 Å². The summed E-state index contributed by atoms with van der Waals surface area (Å²) >= 11 is 0. The fraction of sp³-hybridized carbons (Fsp3) is 0.562. The summed E-state index contributed by atoms with van der Waals surface area (Å²) in [6.07, 6.45) is 0.545. The molecule has 0 aliphatic heterocycles. The number of likely N-dealkylation sites (N-methyl/N-ethyl adjacent to an activating group) is 1. The van der Waals surface area contributed by atoms with E-state index in [0.29, 0.717) is 25.4 Å². The third kappa shape index (κ3) is 8.07. The second kappa shape index (κ2) is 12.5. The molecule has 1 aromatic carbocycles. The topological polar surface area (TPSA) is 80.2 Å². The van der Waals surface area contributed by atoms with Gasteiger partial charge < -0.3 is 19.4 Å². The molecule has 24 heavy (non-hydrogen) atoms. The van der Waals surface area contributed by atoms with Crippen molar-refractivity contribution in [2.45, 2.75) is 26.3 Å². The lowest BCUT2D eigenvalue weighted by molar-refractivity contribution is 0.149. The van der Waals surface area contributed by atoms with Gasteiger partial charge in [-0.05, 0) is 55.8 Å². The SMILES string of the molecule is CCO[SiH2]CCCNC(=O)OCCN(CC)c1ccc(N=O)cc1. The van der Waals surface area contributed by atoms with Crippen LogP contribution < -0.4 is 10.2 Å². The Labute approximate surface area is 145 Å². The van der Waals surface area contributed by atoms with E-state index in [1.807, 2.05) is 26.0 Å². The van der Waals surface area contributed by atoms with Gasteiger partial charge in [0.25, 0.3) is 0 Å². The highest BCUT2D eigenvalue weighted by molar-refractivity contribution is 6.26. The van der Waals surface area contributed by atoms with E-state index in [9.17, 15) is 9.70 Å². The first kappa shape index (κ1) is 20.1. The number of carbonyl (C=O) groups excluding carboxylic acids is 1. The van der Waals surface area contributed by atoms with E-state index in [-0.39, 0.29) is 6.09 Å². The smallest absolute Gasteiger partial charge is 0.407 e.